The summed E-state index contributed by atoms with van der Waals surface area (Å²) >= 11 is 5.95. The van der Waals surface area contributed by atoms with E-state index in [1.807, 2.05) is 48.5 Å². The summed E-state index contributed by atoms with van der Waals surface area (Å²) in [6.07, 6.45) is 4.04. The van der Waals surface area contributed by atoms with Crippen molar-refractivity contribution in [3.05, 3.63) is 64.7 Å². The number of halogens is 1. The van der Waals surface area contributed by atoms with Crippen molar-refractivity contribution < 1.29 is 9.00 Å². The summed E-state index contributed by atoms with van der Waals surface area (Å²) in [5.41, 5.74) is 2.10. The standard InChI is InChI=1S/C19H20ClNO2S/c1-24(23)17-5-3-2-4-14(17)12-18(22)21-13-19(10-11-19)15-6-8-16(20)9-7-15/h2-9H,10-13H2,1H3,(H,21,22). The van der Waals surface area contributed by atoms with Gasteiger partial charge in [-0.1, -0.05) is 41.9 Å². The van der Waals surface area contributed by atoms with Crippen LogP contribution in [0.25, 0.3) is 0 Å². The van der Waals surface area contributed by atoms with Gasteiger partial charge in [-0.25, -0.2) is 0 Å². The quantitative estimate of drug-likeness (QED) is 0.856. The highest BCUT2D eigenvalue weighted by Gasteiger charge is 2.44. The Morgan fingerprint density at radius 1 is 1.17 bits per heavy atom. The van der Waals surface area contributed by atoms with Crippen LogP contribution in [-0.2, 0) is 27.4 Å². The maximum atomic E-state index is 12.3. The summed E-state index contributed by atoms with van der Waals surface area (Å²) in [5, 5.41) is 3.77. The van der Waals surface area contributed by atoms with Gasteiger partial charge in [-0.05, 0) is 42.2 Å². The molecule has 0 saturated heterocycles. The van der Waals surface area contributed by atoms with Crippen LogP contribution in [0.2, 0.25) is 5.02 Å². The number of amides is 1. The van der Waals surface area contributed by atoms with Gasteiger partial charge in [0.1, 0.15) is 0 Å². The highest BCUT2D eigenvalue weighted by atomic mass is 35.5. The molecule has 1 aliphatic carbocycles. The Morgan fingerprint density at radius 2 is 1.83 bits per heavy atom. The van der Waals surface area contributed by atoms with E-state index in [2.05, 4.69) is 5.32 Å². The van der Waals surface area contributed by atoms with Gasteiger partial charge in [-0.3, -0.25) is 9.00 Å². The minimum atomic E-state index is -1.09. The maximum Gasteiger partial charge on any atom is 0.224 e. The molecule has 5 heteroatoms. The van der Waals surface area contributed by atoms with E-state index >= 15 is 0 Å². The smallest absolute Gasteiger partial charge is 0.224 e. The van der Waals surface area contributed by atoms with Crippen LogP contribution in [-0.4, -0.2) is 22.9 Å². The van der Waals surface area contributed by atoms with Crippen molar-refractivity contribution in [2.24, 2.45) is 0 Å². The van der Waals surface area contributed by atoms with Crippen LogP contribution in [0.1, 0.15) is 24.0 Å². The van der Waals surface area contributed by atoms with E-state index in [1.165, 1.54) is 5.56 Å². The topological polar surface area (TPSA) is 46.2 Å². The molecule has 0 heterocycles. The molecule has 1 amide bonds. The van der Waals surface area contributed by atoms with Gasteiger partial charge in [0.05, 0.1) is 17.2 Å². The normalized spacial score (nSPS) is 16.4. The summed E-state index contributed by atoms with van der Waals surface area (Å²) in [7, 11) is -1.09. The van der Waals surface area contributed by atoms with E-state index in [9.17, 15) is 9.00 Å². The Bertz CT molecular complexity index is 769. The van der Waals surface area contributed by atoms with Crippen molar-refractivity contribution >= 4 is 28.3 Å². The van der Waals surface area contributed by atoms with E-state index in [4.69, 9.17) is 11.6 Å². The predicted molar refractivity (Wildman–Crippen MR) is 97.9 cm³/mol. The first-order chi connectivity index (χ1) is 11.5. The van der Waals surface area contributed by atoms with E-state index in [0.717, 1.165) is 28.3 Å². The molecule has 0 bridgehead atoms. The van der Waals surface area contributed by atoms with Crippen LogP contribution < -0.4 is 5.32 Å². The number of carbonyl (C=O) groups is 1. The van der Waals surface area contributed by atoms with E-state index in [1.54, 1.807) is 6.26 Å². The molecule has 1 fully saturated rings. The third-order valence-corrected chi connectivity index (χ3v) is 5.84. The molecule has 1 atom stereocenters. The van der Waals surface area contributed by atoms with Gasteiger partial charge in [0.25, 0.3) is 0 Å². The first-order valence-corrected chi connectivity index (χ1v) is 9.88. The summed E-state index contributed by atoms with van der Waals surface area (Å²) in [5.74, 6) is -0.0341. The third-order valence-electron chi connectivity index (χ3n) is 4.57. The summed E-state index contributed by atoms with van der Waals surface area (Å²) in [4.78, 5) is 13.0. The van der Waals surface area contributed by atoms with E-state index < -0.39 is 10.8 Å². The van der Waals surface area contributed by atoms with E-state index in [-0.39, 0.29) is 17.7 Å². The highest BCUT2D eigenvalue weighted by molar-refractivity contribution is 7.84. The Morgan fingerprint density at radius 3 is 2.46 bits per heavy atom. The molecule has 1 unspecified atom stereocenters. The van der Waals surface area contributed by atoms with Gasteiger partial charge < -0.3 is 5.32 Å². The average molecular weight is 362 g/mol. The van der Waals surface area contributed by atoms with E-state index in [0.29, 0.717) is 6.54 Å². The zero-order chi connectivity index (χ0) is 17.2. The first kappa shape index (κ1) is 17.2. The Hall–Kier alpha value is -1.65. The van der Waals surface area contributed by atoms with Gasteiger partial charge in [0.15, 0.2) is 0 Å². The molecule has 0 aromatic heterocycles. The van der Waals surface area contributed by atoms with Crippen LogP contribution >= 0.6 is 11.6 Å². The summed E-state index contributed by atoms with van der Waals surface area (Å²) in [6.45, 7) is 0.630. The van der Waals surface area contributed by atoms with Crippen LogP contribution in [0.15, 0.2) is 53.4 Å². The number of carbonyl (C=O) groups excluding carboxylic acids is 1. The van der Waals surface area contributed by atoms with Gasteiger partial charge in [-0.2, -0.15) is 0 Å². The molecule has 0 radical (unpaired) electrons. The molecular weight excluding hydrogens is 342 g/mol. The molecule has 24 heavy (non-hydrogen) atoms. The Labute approximate surface area is 149 Å². The molecule has 3 rings (SSSR count). The maximum absolute atomic E-state index is 12.3. The molecule has 3 nitrogen and oxygen atoms in total. The second kappa shape index (κ2) is 7.08. The fourth-order valence-electron chi connectivity index (χ4n) is 2.96. The number of hydrogen-bond acceptors (Lipinski definition) is 2. The van der Waals surface area contributed by atoms with Crippen LogP contribution in [0.4, 0.5) is 0 Å². The van der Waals surface area contributed by atoms with Crippen LogP contribution in [0.3, 0.4) is 0 Å². The molecule has 1 aliphatic rings. The zero-order valence-corrected chi connectivity index (χ0v) is 15.1. The molecule has 2 aromatic carbocycles. The van der Waals surface area contributed by atoms with Gasteiger partial charge in [0, 0.05) is 28.1 Å². The van der Waals surface area contributed by atoms with Crippen molar-refractivity contribution in [2.45, 2.75) is 29.6 Å². The Balaban J connectivity index is 1.62. The largest absolute Gasteiger partial charge is 0.355 e. The number of nitrogens with one attached hydrogen (secondary N) is 1. The fourth-order valence-corrected chi connectivity index (χ4v) is 3.86. The molecular formula is C19H20ClNO2S. The van der Waals surface area contributed by atoms with Crippen molar-refractivity contribution in [2.75, 3.05) is 12.8 Å². The Kier molecular flexibility index (Phi) is 5.07. The molecule has 1 saturated carbocycles. The lowest BCUT2D eigenvalue weighted by Crippen LogP contribution is -2.33. The molecule has 1 N–H and O–H groups in total. The van der Waals surface area contributed by atoms with Crippen molar-refractivity contribution in [1.82, 2.24) is 5.32 Å². The number of benzene rings is 2. The monoisotopic (exact) mass is 361 g/mol. The van der Waals surface area contributed by atoms with Crippen LogP contribution in [0.5, 0.6) is 0 Å². The fraction of sp³-hybridized carbons (Fsp3) is 0.316. The lowest BCUT2D eigenvalue weighted by atomic mass is 9.96. The van der Waals surface area contributed by atoms with Crippen molar-refractivity contribution in [1.29, 1.82) is 0 Å². The second-order valence-electron chi connectivity index (χ2n) is 6.30. The molecule has 126 valence electrons. The summed E-state index contributed by atoms with van der Waals surface area (Å²) in [6, 6.07) is 15.3. The first-order valence-electron chi connectivity index (χ1n) is 7.94. The summed E-state index contributed by atoms with van der Waals surface area (Å²) < 4.78 is 11.8. The van der Waals surface area contributed by atoms with Gasteiger partial charge in [-0.15, -0.1) is 0 Å². The average Bonchev–Trinajstić information content (AvgIpc) is 3.35. The molecule has 2 aromatic rings. The highest BCUT2D eigenvalue weighted by Crippen LogP contribution is 2.47. The van der Waals surface area contributed by atoms with Crippen LogP contribution in [0, 0.1) is 0 Å². The SMILES string of the molecule is CS(=O)c1ccccc1CC(=O)NCC1(c2ccc(Cl)cc2)CC1. The number of hydrogen-bond donors (Lipinski definition) is 1. The predicted octanol–water partition coefficient (Wildman–Crippen LogP) is 3.47. The second-order valence-corrected chi connectivity index (χ2v) is 8.09. The molecule has 0 spiro atoms. The van der Waals surface area contributed by atoms with Crippen molar-refractivity contribution in [3.63, 3.8) is 0 Å². The third kappa shape index (κ3) is 3.87. The van der Waals surface area contributed by atoms with Gasteiger partial charge >= 0.3 is 0 Å². The lowest BCUT2D eigenvalue weighted by molar-refractivity contribution is -0.120. The zero-order valence-electron chi connectivity index (χ0n) is 13.5. The lowest BCUT2D eigenvalue weighted by Gasteiger charge is -2.17. The van der Waals surface area contributed by atoms with Crippen molar-refractivity contribution in [3.8, 4) is 0 Å². The number of rotatable bonds is 6. The van der Waals surface area contributed by atoms with Gasteiger partial charge in [0.2, 0.25) is 5.91 Å². The minimum absolute atomic E-state index is 0.0341. The molecule has 0 aliphatic heterocycles. The minimum Gasteiger partial charge on any atom is -0.355 e.